The minimum Gasteiger partial charge on any atom is -0.506 e. The zero-order chi connectivity index (χ0) is 22.0. The zero-order valence-electron chi connectivity index (χ0n) is 17.7. The standard InChI is InChI=1S/C24H26N2O4/c1-5-25(6-2)14-17-7-9-18(10-8-17)23(29)22-20-13-19(15(3)27)11-12-21(20)26(16(4)28)24(22)30/h7-13,29H,5-6,14H2,1-4H3/b23-22-. The molecule has 156 valence electrons. The maximum atomic E-state index is 13.0. The molecule has 0 radical (unpaired) electrons. The SMILES string of the molecule is CCN(CC)Cc1ccc(/C(O)=C2/C(=O)N(C(C)=O)c3ccc(C(C)=O)cc32)cc1. The molecule has 30 heavy (non-hydrogen) atoms. The minimum atomic E-state index is -0.595. The van der Waals surface area contributed by atoms with Gasteiger partial charge in [0.2, 0.25) is 5.91 Å². The van der Waals surface area contributed by atoms with E-state index in [0.717, 1.165) is 30.1 Å². The Morgan fingerprint density at radius 3 is 2.10 bits per heavy atom. The summed E-state index contributed by atoms with van der Waals surface area (Å²) in [5.41, 5.74) is 2.77. The van der Waals surface area contributed by atoms with Gasteiger partial charge in [0.05, 0.1) is 11.3 Å². The molecule has 0 aromatic heterocycles. The number of imide groups is 1. The lowest BCUT2D eigenvalue weighted by Gasteiger charge is -2.18. The van der Waals surface area contributed by atoms with Gasteiger partial charge in [0.15, 0.2) is 5.78 Å². The lowest BCUT2D eigenvalue weighted by molar-refractivity contribution is -0.122. The van der Waals surface area contributed by atoms with Crippen molar-refractivity contribution in [2.24, 2.45) is 0 Å². The molecule has 2 aromatic carbocycles. The van der Waals surface area contributed by atoms with Gasteiger partial charge in [-0.3, -0.25) is 19.3 Å². The van der Waals surface area contributed by atoms with Crippen LogP contribution in [0.2, 0.25) is 0 Å². The fraction of sp³-hybridized carbons (Fsp3) is 0.292. The summed E-state index contributed by atoms with van der Waals surface area (Å²) in [5.74, 6) is -1.41. The van der Waals surface area contributed by atoms with Crippen LogP contribution in [0.3, 0.4) is 0 Å². The second-order valence-corrected chi connectivity index (χ2v) is 7.33. The first-order valence-corrected chi connectivity index (χ1v) is 10.0. The average molecular weight is 406 g/mol. The predicted octanol–water partition coefficient (Wildman–Crippen LogP) is 4.05. The quantitative estimate of drug-likeness (QED) is 0.445. The topological polar surface area (TPSA) is 77.9 Å². The van der Waals surface area contributed by atoms with E-state index >= 15 is 0 Å². The molecule has 0 saturated carbocycles. The minimum absolute atomic E-state index is 0.0276. The van der Waals surface area contributed by atoms with Crippen molar-refractivity contribution in [2.45, 2.75) is 34.2 Å². The largest absolute Gasteiger partial charge is 0.506 e. The van der Waals surface area contributed by atoms with Gasteiger partial charge >= 0.3 is 0 Å². The molecule has 1 N–H and O–H groups in total. The van der Waals surface area contributed by atoms with Gasteiger partial charge in [-0.05, 0) is 43.8 Å². The van der Waals surface area contributed by atoms with E-state index < -0.39 is 11.8 Å². The Balaban J connectivity index is 2.07. The van der Waals surface area contributed by atoms with Crippen LogP contribution in [0.25, 0.3) is 11.3 Å². The van der Waals surface area contributed by atoms with Gasteiger partial charge < -0.3 is 5.11 Å². The van der Waals surface area contributed by atoms with Gasteiger partial charge in [-0.1, -0.05) is 38.1 Å². The number of fused-ring (bicyclic) bond motifs is 1. The van der Waals surface area contributed by atoms with E-state index in [1.807, 2.05) is 12.1 Å². The number of nitrogens with zero attached hydrogens (tertiary/aromatic N) is 2. The summed E-state index contributed by atoms with van der Waals surface area (Å²) in [6.07, 6.45) is 0. The number of hydrogen-bond donors (Lipinski definition) is 1. The molecular formula is C24H26N2O4. The third-order valence-corrected chi connectivity index (χ3v) is 5.41. The van der Waals surface area contributed by atoms with Gasteiger partial charge in [0, 0.05) is 30.2 Å². The number of amides is 2. The van der Waals surface area contributed by atoms with Crippen LogP contribution in [0.4, 0.5) is 5.69 Å². The lowest BCUT2D eigenvalue weighted by Crippen LogP contribution is -2.31. The highest BCUT2D eigenvalue weighted by Gasteiger charge is 2.38. The number of Topliss-reactive ketones (excluding diaryl/α,β-unsaturated/α-hetero) is 1. The number of hydrogen-bond acceptors (Lipinski definition) is 5. The van der Waals surface area contributed by atoms with Crippen molar-refractivity contribution in [3.63, 3.8) is 0 Å². The average Bonchev–Trinajstić information content (AvgIpc) is 3.02. The van der Waals surface area contributed by atoms with Crippen LogP contribution in [-0.2, 0) is 16.1 Å². The number of carbonyl (C=O) groups excluding carboxylic acids is 3. The molecule has 2 aromatic rings. The van der Waals surface area contributed by atoms with Gasteiger partial charge in [-0.15, -0.1) is 0 Å². The summed E-state index contributed by atoms with van der Waals surface area (Å²) in [6, 6.07) is 12.1. The molecule has 0 fully saturated rings. The van der Waals surface area contributed by atoms with E-state index in [0.29, 0.717) is 22.4 Å². The van der Waals surface area contributed by atoms with Gasteiger partial charge in [0.25, 0.3) is 5.91 Å². The Bertz CT molecular complexity index is 1030. The van der Waals surface area contributed by atoms with Crippen LogP contribution >= 0.6 is 0 Å². The van der Waals surface area contributed by atoms with Gasteiger partial charge in [-0.25, -0.2) is 4.90 Å². The summed E-state index contributed by atoms with van der Waals surface area (Å²) in [4.78, 5) is 40.2. The Kier molecular flexibility index (Phi) is 6.17. The van der Waals surface area contributed by atoms with Crippen LogP contribution in [0.5, 0.6) is 0 Å². The number of anilines is 1. The fourth-order valence-electron chi connectivity index (χ4n) is 3.65. The second kappa shape index (κ2) is 8.63. The molecule has 0 saturated heterocycles. The highest BCUT2D eigenvalue weighted by Crippen LogP contribution is 2.40. The van der Waals surface area contributed by atoms with Crippen molar-refractivity contribution in [1.82, 2.24) is 4.90 Å². The molecule has 0 unspecified atom stereocenters. The Hall–Kier alpha value is -3.25. The predicted molar refractivity (Wildman–Crippen MR) is 117 cm³/mol. The monoisotopic (exact) mass is 406 g/mol. The summed E-state index contributed by atoms with van der Waals surface area (Å²) in [5, 5.41) is 11.0. The van der Waals surface area contributed by atoms with Crippen LogP contribution in [-0.4, -0.2) is 40.7 Å². The number of ketones is 1. The van der Waals surface area contributed by atoms with E-state index in [4.69, 9.17) is 0 Å². The van der Waals surface area contributed by atoms with Crippen molar-refractivity contribution >= 4 is 34.6 Å². The van der Waals surface area contributed by atoms with E-state index in [1.165, 1.54) is 13.8 Å². The molecule has 6 nitrogen and oxygen atoms in total. The van der Waals surface area contributed by atoms with Gasteiger partial charge in [0.1, 0.15) is 5.76 Å². The summed E-state index contributed by atoms with van der Waals surface area (Å²) >= 11 is 0. The molecule has 0 spiro atoms. The molecule has 0 atom stereocenters. The van der Waals surface area contributed by atoms with Crippen molar-refractivity contribution in [2.75, 3.05) is 18.0 Å². The third-order valence-electron chi connectivity index (χ3n) is 5.41. The molecular weight excluding hydrogens is 380 g/mol. The molecule has 0 bridgehead atoms. The lowest BCUT2D eigenvalue weighted by atomic mass is 9.98. The van der Waals surface area contributed by atoms with E-state index in [1.54, 1.807) is 30.3 Å². The number of carbonyl (C=O) groups is 3. The summed E-state index contributed by atoms with van der Waals surface area (Å²) in [7, 11) is 0. The molecule has 1 aliphatic rings. The van der Waals surface area contributed by atoms with E-state index in [-0.39, 0.29) is 17.1 Å². The maximum Gasteiger partial charge on any atom is 0.269 e. The van der Waals surface area contributed by atoms with Crippen molar-refractivity contribution < 1.29 is 19.5 Å². The fourth-order valence-corrected chi connectivity index (χ4v) is 3.65. The summed E-state index contributed by atoms with van der Waals surface area (Å²) < 4.78 is 0. The normalized spacial score (nSPS) is 14.8. The number of rotatable bonds is 6. The highest BCUT2D eigenvalue weighted by molar-refractivity contribution is 6.42. The van der Waals surface area contributed by atoms with Crippen LogP contribution < -0.4 is 4.90 Å². The number of benzene rings is 2. The van der Waals surface area contributed by atoms with Crippen molar-refractivity contribution in [1.29, 1.82) is 0 Å². The van der Waals surface area contributed by atoms with Crippen LogP contribution in [0.1, 0.15) is 54.7 Å². The zero-order valence-corrected chi connectivity index (χ0v) is 17.7. The summed E-state index contributed by atoms with van der Waals surface area (Å²) in [6.45, 7) is 9.62. The molecule has 3 rings (SSSR count). The third kappa shape index (κ3) is 3.91. The number of aliphatic hydroxyl groups excluding tert-OH is 1. The molecule has 1 heterocycles. The molecule has 0 aliphatic carbocycles. The number of aliphatic hydroxyl groups is 1. The maximum absolute atomic E-state index is 13.0. The van der Waals surface area contributed by atoms with Crippen LogP contribution in [0.15, 0.2) is 42.5 Å². The Morgan fingerprint density at radius 1 is 0.967 bits per heavy atom. The molecule has 1 aliphatic heterocycles. The van der Waals surface area contributed by atoms with Gasteiger partial charge in [-0.2, -0.15) is 0 Å². The van der Waals surface area contributed by atoms with Crippen molar-refractivity contribution in [3.8, 4) is 0 Å². The first-order valence-electron chi connectivity index (χ1n) is 10.0. The first-order chi connectivity index (χ1) is 14.3. The van der Waals surface area contributed by atoms with Crippen molar-refractivity contribution in [3.05, 3.63) is 64.7 Å². The van der Waals surface area contributed by atoms with Crippen LogP contribution in [0, 0.1) is 0 Å². The Morgan fingerprint density at radius 2 is 1.57 bits per heavy atom. The van der Waals surface area contributed by atoms with E-state index in [2.05, 4.69) is 18.7 Å². The Labute approximate surface area is 176 Å². The first kappa shape index (κ1) is 21.5. The molecule has 2 amide bonds. The smallest absolute Gasteiger partial charge is 0.269 e. The van der Waals surface area contributed by atoms with E-state index in [9.17, 15) is 19.5 Å². The molecule has 6 heteroatoms. The second-order valence-electron chi connectivity index (χ2n) is 7.33. The highest BCUT2D eigenvalue weighted by atomic mass is 16.3.